The van der Waals surface area contributed by atoms with E-state index in [0.717, 1.165) is 19.4 Å². The molecule has 1 spiro atoms. The molecule has 0 amide bonds. The Morgan fingerprint density at radius 1 is 1.40 bits per heavy atom. The molecule has 0 unspecified atom stereocenters. The van der Waals surface area contributed by atoms with Crippen molar-refractivity contribution in [3.05, 3.63) is 33.8 Å². The number of rotatable bonds is 0. The van der Waals surface area contributed by atoms with Gasteiger partial charge >= 0.3 is 0 Å². The maximum absolute atomic E-state index is 6.04. The summed E-state index contributed by atoms with van der Waals surface area (Å²) >= 11 is 5.51. The van der Waals surface area contributed by atoms with Crippen LogP contribution in [-0.2, 0) is 16.1 Å². The summed E-state index contributed by atoms with van der Waals surface area (Å²) in [5.74, 6) is 1.23. The molecule has 0 N–H and O–H groups in total. The van der Waals surface area contributed by atoms with E-state index in [2.05, 4.69) is 34.1 Å². The molecule has 3 heteroatoms. The van der Waals surface area contributed by atoms with E-state index in [0.29, 0.717) is 0 Å². The molecule has 0 radical (unpaired) electrons. The molecule has 0 saturated carbocycles. The van der Waals surface area contributed by atoms with Gasteiger partial charge in [0.05, 0.1) is 0 Å². The highest BCUT2D eigenvalue weighted by Crippen LogP contribution is 2.50. The number of thioether (sulfide) groups is 1. The normalized spacial score (nSPS) is 29.4. The fourth-order valence-electron chi connectivity index (χ4n) is 2.45. The minimum Gasteiger partial charge on any atom is -0.360 e. The van der Waals surface area contributed by atoms with Gasteiger partial charge in [-0.05, 0) is 48.3 Å². The van der Waals surface area contributed by atoms with Crippen LogP contribution < -0.4 is 0 Å². The SMILES string of the molecule is Brc1ccc2c(c1)CC[C@@]21OCCCS1. The highest BCUT2D eigenvalue weighted by atomic mass is 79.9. The average molecular weight is 285 g/mol. The van der Waals surface area contributed by atoms with E-state index in [-0.39, 0.29) is 4.93 Å². The summed E-state index contributed by atoms with van der Waals surface area (Å²) in [4.78, 5) is -0.00567. The minimum absolute atomic E-state index is 0.00567. The van der Waals surface area contributed by atoms with Crippen LogP contribution in [-0.4, -0.2) is 12.4 Å². The second-order valence-electron chi connectivity index (χ2n) is 4.10. The van der Waals surface area contributed by atoms with Crippen LogP contribution in [0.3, 0.4) is 0 Å². The van der Waals surface area contributed by atoms with Gasteiger partial charge in [-0.1, -0.05) is 22.0 Å². The lowest BCUT2D eigenvalue weighted by atomic mass is 10.1. The van der Waals surface area contributed by atoms with Crippen molar-refractivity contribution in [2.24, 2.45) is 0 Å². The second-order valence-corrected chi connectivity index (χ2v) is 6.38. The summed E-state index contributed by atoms with van der Waals surface area (Å²) in [6, 6.07) is 6.60. The molecule has 15 heavy (non-hydrogen) atoms. The molecule has 1 aromatic rings. The summed E-state index contributed by atoms with van der Waals surface area (Å²) in [7, 11) is 0. The Bertz CT molecular complexity index is 385. The fraction of sp³-hybridized carbons (Fsp3) is 0.500. The summed E-state index contributed by atoms with van der Waals surface area (Å²) in [5.41, 5.74) is 2.87. The highest BCUT2D eigenvalue weighted by Gasteiger charge is 2.41. The number of aryl methyl sites for hydroxylation is 1. The first kappa shape index (κ1) is 10.2. The van der Waals surface area contributed by atoms with Crippen molar-refractivity contribution in [2.45, 2.75) is 24.2 Å². The first-order valence-electron chi connectivity index (χ1n) is 5.37. The largest absolute Gasteiger partial charge is 0.360 e. The fourth-order valence-corrected chi connectivity index (χ4v) is 4.22. The van der Waals surface area contributed by atoms with Crippen molar-refractivity contribution >= 4 is 27.7 Å². The number of hydrogen-bond acceptors (Lipinski definition) is 2. The van der Waals surface area contributed by atoms with Crippen LogP contribution in [0.4, 0.5) is 0 Å². The quantitative estimate of drug-likeness (QED) is 0.718. The molecular weight excluding hydrogens is 272 g/mol. The van der Waals surface area contributed by atoms with E-state index in [9.17, 15) is 0 Å². The van der Waals surface area contributed by atoms with E-state index in [4.69, 9.17) is 4.74 Å². The van der Waals surface area contributed by atoms with Crippen LogP contribution in [0.1, 0.15) is 24.0 Å². The number of benzene rings is 1. The average Bonchev–Trinajstić information content (AvgIpc) is 2.58. The van der Waals surface area contributed by atoms with Gasteiger partial charge in [0, 0.05) is 11.1 Å². The molecular formula is C12H13BrOS. The van der Waals surface area contributed by atoms with E-state index < -0.39 is 0 Å². The zero-order valence-electron chi connectivity index (χ0n) is 8.46. The van der Waals surface area contributed by atoms with Crippen molar-refractivity contribution < 1.29 is 4.74 Å². The smallest absolute Gasteiger partial charge is 0.139 e. The number of halogens is 1. The molecule has 1 aliphatic heterocycles. The Hall–Kier alpha value is 0.01000. The van der Waals surface area contributed by atoms with Crippen LogP contribution in [0.5, 0.6) is 0 Å². The van der Waals surface area contributed by atoms with E-state index in [1.807, 2.05) is 11.8 Å². The Morgan fingerprint density at radius 2 is 2.33 bits per heavy atom. The number of fused-ring (bicyclic) bond motifs is 2. The topological polar surface area (TPSA) is 9.23 Å². The Kier molecular flexibility index (Phi) is 2.57. The van der Waals surface area contributed by atoms with Gasteiger partial charge in [0.25, 0.3) is 0 Å². The van der Waals surface area contributed by atoms with E-state index in [1.165, 1.54) is 27.8 Å². The Morgan fingerprint density at radius 3 is 3.13 bits per heavy atom. The first-order valence-corrected chi connectivity index (χ1v) is 7.15. The molecule has 0 aromatic heterocycles. The van der Waals surface area contributed by atoms with Gasteiger partial charge in [0.15, 0.2) is 0 Å². The standard InChI is InChI=1S/C12H13BrOS/c13-10-2-3-11-9(8-10)4-5-12(11)14-6-1-7-15-12/h2-3,8H,1,4-7H2/t12-/m0/s1. The lowest BCUT2D eigenvalue weighted by Gasteiger charge is -2.33. The van der Waals surface area contributed by atoms with Crippen LogP contribution in [0.25, 0.3) is 0 Å². The Balaban J connectivity index is 2.03. The zero-order valence-corrected chi connectivity index (χ0v) is 10.9. The van der Waals surface area contributed by atoms with E-state index >= 15 is 0 Å². The molecule has 3 rings (SSSR count). The summed E-state index contributed by atoms with van der Waals surface area (Å²) < 4.78 is 7.22. The predicted molar refractivity (Wildman–Crippen MR) is 67.2 cm³/mol. The molecule has 1 aliphatic carbocycles. The molecule has 1 aromatic carbocycles. The van der Waals surface area contributed by atoms with Gasteiger partial charge in [-0.2, -0.15) is 0 Å². The molecule has 1 atom stereocenters. The molecule has 0 bridgehead atoms. The summed E-state index contributed by atoms with van der Waals surface area (Å²) in [6.45, 7) is 0.919. The molecule has 1 saturated heterocycles. The predicted octanol–water partition coefficient (Wildman–Crippen LogP) is 3.70. The van der Waals surface area contributed by atoms with Crippen molar-refractivity contribution in [3.63, 3.8) is 0 Å². The van der Waals surface area contributed by atoms with Gasteiger partial charge in [0.2, 0.25) is 0 Å². The molecule has 2 aliphatic rings. The minimum atomic E-state index is -0.00567. The van der Waals surface area contributed by atoms with Gasteiger partial charge in [0.1, 0.15) is 4.93 Å². The summed E-state index contributed by atoms with van der Waals surface area (Å²) in [6.07, 6.45) is 3.49. The van der Waals surface area contributed by atoms with Crippen molar-refractivity contribution in [2.75, 3.05) is 12.4 Å². The lowest BCUT2D eigenvalue weighted by Crippen LogP contribution is -2.28. The summed E-state index contributed by atoms with van der Waals surface area (Å²) in [5, 5.41) is 0. The van der Waals surface area contributed by atoms with Gasteiger partial charge in [-0.3, -0.25) is 0 Å². The van der Waals surface area contributed by atoms with E-state index in [1.54, 1.807) is 0 Å². The molecule has 80 valence electrons. The Labute approximate surface area is 103 Å². The van der Waals surface area contributed by atoms with Crippen molar-refractivity contribution in [1.82, 2.24) is 0 Å². The third-order valence-corrected chi connectivity index (χ3v) is 5.15. The highest BCUT2D eigenvalue weighted by molar-refractivity contribution is 9.10. The third kappa shape index (κ3) is 1.65. The number of ether oxygens (including phenoxy) is 1. The number of hydrogen-bond donors (Lipinski definition) is 0. The van der Waals surface area contributed by atoms with Crippen LogP contribution in [0.2, 0.25) is 0 Å². The molecule has 1 nitrogen and oxygen atoms in total. The zero-order chi connectivity index (χ0) is 10.3. The lowest BCUT2D eigenvalue weighted by molar-refractivity contribution is 0.0178. The van der Waals surface area contributed by atoms with Gasteiger partial charge < -0.3 is 4.74 Å². The van der Waals surface area contributed by atoms with Crippen LogP contribution in [0.15, 0.2) is 22.7 Å². The monoisotopic (exact) mass is 284 g/mol. The van der Waals surface area contributed by atoms with Crippen LogP contribution >= 0.6 is 27.7 Å². The molecule has 1 fully saturated rings. The van der Waals surface area contributed by atoms with Gasteiger partial charge in [-0.15, -0.1) is 11.8 Å². The second kappa shape index (κ2) is 3.79. The maximum Gasteiger partial charge on any atom is 0.139 e. The van der Waals surface area contributed by atoms with Crippen molar-refractivity contribution in [1.29, 1.82) is 0 Å². The van der Waals surface area contributed by atoms with Crippen LogP contribution in [0, 0.1) is 0 Å². The maximum atomic E-state index is 6.04. The first-order chi connectivity index (χ1) is 7.30. The van der Waals surface area contributed by atoms with Crippen molar-refractivity contribution in [3.8, 4) is 0 Å². The third-order valence-electron chi connectivity index (χ3n) is 3.16. The van der Waals surface area contributed by atoms with Gasteiger partial charge in [-0.25, -0.2) is 0 Å². The molecule has 1 heterocycles.